The van der Waals surface area contributed by atoms with Gasteiger partial charge in [-0.1, -0.05) is 5.16 Å². The van der Waals surface area contributed by atoms with Crippen molar-refractivity contribution in [2.75, 3.05) is 20.3 Å². The van der Waals surface area contributed by atoms with E-state index in [0.717, 1.165) is 26.3 Å². The van der Waals surface area contributed by atoms with Crippen LogP contribution in [0.15, 0.2) is 29.4 Å². The summed E-state index contributed by atoms with van der Waals surface area (Å²) in [5.41, 5.74) is 1.54. The third-order valence-corrected chi connectivity index (χ3v) is 5.55. The zero-order valence-electron chi connectivity index (χ0n) is 21.7. The number of nitrogens with zero attached hydrogens (tertiary/aromatic N) is 1. The first kappa shape index (κ1) is 28.9. The number of methoxy groups -OCH3 is 1. The Labute approximate surface area is 219 Å². The van der Waals surface area contributed by atoms with E-state index >= 15 is 0 Å². The summed E-state index contributed by atoms with van der Waals surface area (Å²) in [7, 11) is 1.58. The van der Waals surface area contributed by atoms with Crippen LogP contribution in [0.4, 0.5) is 0 Å². The van der Waals surface area contributed by atoms with Crippen molar-refractivity contribution in [1.29, 1.82) is 0 Å². The topological polar surface area (TPSA) is 154 Å². The van der Waals surface area contributed by atoms with E-state index in [1.165, 1.54) is 6.92 Å². The smallest absolute Gasteiger partial charge is 0.303 e. The van der Waals surface area contributed by atoms with Gasteiger partial charge in [0.2, 0.25) is 0 Å². The zero-order valence-corrected chi connectivity index (χ0v) is 21.7. The van der Waals surface area contributed by atoms with Crippen molar-refractivity contribution in [2.24, 2.45) is 5.16 Å². The number of carbonyl (C=O) groups excluding carboxylic acids is 4. The van der Waals surface area contributed by atoms with E-state index in [-0.39, 0.29) is 13.2 Å². The van der Waals surface area contributed by atoms with Crippen LogP contribution in [0.2, 0.25) is 0 Å². The molecule has 0 spiro atoms. The second kappa shape index (κ2) is 13.2. The molecule has 3 rings (SSSR count). The van der Waals surface area contributed by atoms with Crippen molar-refractivity contribution in [3.63, 3.8) is 0 Å². The van der Waals surface area contributed by atoms with Crippen LogP contribution in [0.3, 0.4) is 0 Å². The van der Waals surface area contributed by atoms with Gasteiger partial charge in [0.05, 0.1) is 19.4 Å². The Morgan fingerprint density at radius 1 is 0.842 bits per heavy atom. The van der Waals surface area contributed by atoms with Gasteiger partial charge >= 0.3 is 23.9 Å². The third-order valence-electron chi connectivity index (χ3n) is 5.55. The molecule has 208 valence electrons. The van der Waals surface area contributed by atoms with Gasteiger partial charge in [-0.15, -0.1) is 0 Å². The molecule has 0 radical (unpaired) electrons. The first-order valence-corrected chi connectivity index (χ1v) is 11.9. The van der Waals surface area contributed by atoms with E-state index < -0.39 is 60.7 Å². The predicted molar refractivity (Wildman–Crippen MR) is 127 cm³/mol. The molecule has 0 aromatic heterocycles. The number of carbonyl (C=O) groups is 4. The number of oxime groups is 1. The van der Waals surface area contributed by atoms with Gasteiger partial charge in [0.1, 0.15) is 18.5 Å². The largest absolute Gasteiger partial charge is 0.497 e. The number of benzene rings is 1. The Balaban J connectivity index is 1.76. The summed E-state index contributed by atoms with van der Waals surface area (Å²) in [6.07, 6.45) is -6.35. The highest BCUT2D eigenvalue weighted by atomic mass is 16.7. The third kappa shape index (κ3) is 7.89. The summed E-state index contributed by atoms with van der Waals surface area (Å²) >= 11 is 0. The van der Waals surface area contributed by atoms with Crippen LogP contribution >= 0.6 is 0 Å². The first-order valence-electron chi connectivity index (χ1n) is 11.9. The zero-order chi connectivity index (χ0) is 27.8. The van der Waals surface area contributed by atoms with Gasteiger partial charge in [-0.25, -0.2) is 0 Å². The van der Waals surface area contributed by atoms with Gasteiger partial charge in [-0.2, -0.15) is 0 Å². The summed E-state index contributed by atoms with van der Waals surface area (Å²) in [4.78, 5) is 52.6. The molecule has 1 aromatic rings. The Bertz CT molecular complexity index is 1040. The number of ether oxygens (including phenoxy) is 7. The fourth-order valence-electron chi connectivity index (χ4n) is 4.00. The molecule has 0 aliphatic carbocycles. The standard InChI is InChI=1S/C25H31NO12/c1-13(27)32-12-21-22(34-14(2)28)23(35-15(3)29)24(36-16(4)30)25(37-21)33-11-19-10-20(26-38-19)17-6-8-18(31-5)9-7-17/h6-9,19,21-25H,10-12H2,1-5H3/t19-,21-,22-,23-,24-,25+/m0/s1. The molecule has 0 bridgehead atoms. The lowest BCUT2D eigenvalue weighted by atomic mass is 9.98. The molecule has 1 saturated heterocycles. The molecule has 0 amide bonds. The average Bonchev–Trinajstić information content (AvgIpc) is 3.33. The SMILES string of the molecule is COc1ccc(C2=NO[C@H](CO[C@@H]3O[C@@H](COC(C)=O)[C@H](OC(C)=O)[C@H](OC(C)=O)[C@@H]3OC(C)=O)C2)cc1. The summed E-state index contributed by atoms with van der Waals surface area (Å²) in [5.74, 6) is -2.07. The maximum atomic E-state index is 11.9. The van der Waals surface area contributed by atoms with Crippen LogP contribution in [-0.2, 0) is 52.4 Å². The van der Waals surface area contributed by atoms with E-state index in [1.807, 2.05) is 12.1 Å². The maximum absolute atomic E-state index is 11.9. The molecule has 13 nitrogen and oxygen atoms in total. The maximum Gasteiger partial charge on any atom is 0.303 e. The van der Waals surface area contributed by atoms with Crippen LogP contribution < -0.4 is 4.74 Å². The van der Waals surface area contributed by atoms with Gasteiger partial charge in [0.25, 0.3) is 0 Å². The Morgan fingerprint density at radius 3 is 2.03 bits per heavy atom. The highest BCUT2D eigenvalue weighted by Gasteiger charge is 2.53. The molecular weight excluding hydrogens is 506 g/mol. The molecule has 0 N–H and O–H groups in total. The van der Waals surface area contributed by atoms with Crippen molar-refractivity contribution in [1.82, 2.24) is 0 Å². The van der Waals surface area contributed by atoms with Crippen molar-refractivity contribution in [2.45, 2.75) is 70.9 Å². The number of hydrogen-bond donors (Lipinski definition) is 0. The normalized spacial score (nSPS) is 26.4. The molecular formula is C25H31NO12. The molecule has 1 aromatic carbocycles. The van der Waals surface area contributed by atoms with Crippen LogP contribution in [0, 0.1) is 0 Å². The monoisotopic (exact) mass is 537 g/mol. The van der Waals surface area contributed by atoms with E-state index in [9.17, 15) is 19.2 Å². The minimum absolute atomic E-state index is 0.0447. The Hall–Kier alpha value is -3.71. The van der Waals surface area contributed by atoms with Crippen molar-refractivity contribution >= 4 is 29.6 Å². The highest BCUT2D eigenvalue weighted by Crippen LogP contribution is 2.30. The minimum Gasteiger partial charge on any atom is -0.497 e. The quantitative estimate of drug-likeness (QED) is 0.312. The molecule has 2 heterocycles. The highest BCUT2D eigenvalue weighted by molar-refractivity contribution is 6.01. The van der Waals surface area contributed by atoms with E-state index in [2.05, 4.69) is 5.16 Å². The summed E-state index contributed by atoms with van der Waals surface area (Å²) in [5, 5.41) is 4.12. The summed E-state index contributed by atoms with van der Waals surface area (Å²) in [6.45, 7) is 4.25. The molecule has 2 aliphatic rings. The van der Waals surface area contributed by atoms with E-state index in [1.54, 1.807) is 19.2 Å². The molecule has 2 aliphatic heterocycles. The molecule has 6 atom stereocenters. The summed E-state index contributed by atoms with van der Waals surface area (Å²) in [6, 6.07) is 7.31. The van der Waals surface area contributed by atoms with Gasteiger partial charge in [0.15, 0.2) is 30.7 Å². The molecule has 1 fully saturated rings. The summed E-state index contributed by atoms with van der Waals surface area (Å²) < 4.78 is 38.2. The van der Waals surface area contributed by atoms with Gasteiger partial charge in [-0.05, 0) is 29.8 Å². The molecule has 13 heteroatoms. The fourth-order valence-corrected chi connectivity index (χ4v) is 4.00. The van der Waals surface area contributed by atoms with E-state index in [4.69, 9.17) is 38.0 Å². The molecule has 38 heavy (non-hydrogen) atoms. The lowest BCUT2D eigenvalue weighted by Gasteiger charge is -2.44. The average molecular weight is 538 g/mol. The van der Waals surface area contributed by atoms with Gasteiger partial charge in [0, 0.05) is 34.1 Å². The lowest BCUT2D eigenvalue weighted by Crippen LogP contribution is -2.63. The number of rotatable bonds is 10. The van der Waals surface area contributed by atoms with Gasteiger partial charge in [-0.3, -0.25) is 19.2 Å². The first-order chi connectivity index (χ1) is 18.1. The molecule has 0 unspecified atom stereocenters. The number of esters is 4. The Morgan fingerprint density at radius 2 is 1.45 bits per heavy atom. The van der Waals surface area contributed by atoms with Gasteiger partial charge < -0.3 is 38.0 Å². The van der Waals surface area contributed by atoms with Crippen molar-refractivity contribution < 1.29 is 57.2 Å². The van der Waals surface area contributed by atoms with Crippen LogP contribution in [0.5, 0.6) is 5.75 Å². The predicted octanol–water partition coefficient (Wildman–Crippen LogP) is 1.29. The minimum atomic E-state index is -1.31. The van der Waals surface area contributed by atoms with E-state index in [0.29, 0.717) is 17.9 Å². The van der Waals surface area contributed by atoms with Crippen LogP contribution in [-0.4, -0.2) is 86.7 Å². The fraction of sp³-hybridized carbons (Fsp3) is 0.560. The second-order valence-electron chi connectivity index (χ2n) is 8.60. The molecule has 0 saturated carbocycles. The van der Waals surface area contributed by atoms with Crippen molar-refractivity contribution in [3.05, 3.63) is 29.8 Å². The van der Waals surface area contributed by atoms with Crippen molar-refractivity contribution in [3.8, 4) is 5.75 Å². The second-order valence-corrected chi connectivity index (χ2v) is 8.60. The number of hydrogen-bond acceptors (Lipinski definition) is 13. The Kier molecular flexibility index (Phi) is 10.0. The van der Waals surface area contributed by atoms with Crippen LogP contribution in [0.25, 0.3) is 0 Å². The van der Waals surface area contributed by atoms with Crippen LogP contribution in [0.1, 0.15) is 39.7 Å². The lowest BCUT2D eigenvalue weighted by molar-refractivity contribution is -0.311.